The minimum atomic E-state index is 0.532. The van der Waals surface area contributed by atoms with Crippen LogP contribution >= 0.6 is 11.6 Å². The molecule has 0 amide bonds. The number of rotatable bonds is 1. The predicted molar refractivity (Wildman–Crippen MR) is 65.6 cm³/mol. The zero-order valence-electron chi connectivity index (χ0n) is 8.71. The molecule has 3 aromatic rings. The molecule has 0 aliphatic carbocycles. The fourth-order valence-corrected chi connectivity index (χ4v) is 1.90. The molecule has 6 heteroatoms. The Bertz CT molecular complexity index is 691. The second-order valence-corrected chi connectivity index (χ2v) is 3.96. The quantitative estimate of drug-likeness (QED) is 0.666. The van der Waals surface area contributed by atoms with Gasteiger partial charge in [0.25, 0.3) is 0 Å². The van der Waals surface area contributed by atoms with Crippen LogP contribution < -0.4 is 5.73 Å². The van der Waals surface area contributed by atoms with Crippen LogP contribution in [0.5, 0.6) is 0 Å². The Hall–Kier alpha value is -2.14. The van der Waals surface area contributed by atoms with Gasteiger partial charge in [0, 0.05) is 17.4 Å². The van der Waals surface area contributed by atoms with Crippen LogP contribution in [-0.2, 0) is 0 Å². The predicted octanol–water partition coefficient (Wildman–Crippen LogP) is 2.03. The summed E-state index contributed by atoms with van der Waals surface area (Å²) in [6.45, 7) is 0. The number of hydrogen-bond acceptors (Lipinski definition) is 4. The van der Waals surface area contributed by atoms with Crippen molar-refractivity contribution in [3.8, 4) is 11.4 Å². The van der Waals surface area contributed by atoms with Crippen LogP contribution in [0, 0.1) is 0 Å². The van der Waals surface area contributed by atoms with Crippen LogP contribution in [0.3, 0.4) is 0 Å². The summed E-state index contributed by atoms with van der Waals surface area (Å²) in [6, 6.07) is 8.89. The molecular formula is C11H8ClN5. The van der Waals surface area contributed by atoms with E-state index in [1.807, 2.05) is 12.1 Å². The summed E-state index contributed by atoms with van der Waals surface area (Å²) in [5, 5.41) is 12.8. The molecular weight excluding hydrogens is 238 g/mol. The van der Waals surface area contributed by atoms with Crippen LogP contribution in [0.15, 0.2) is 36.5 Å². The van der Waals surface area contributed by atoms with E-state index in [-0.39, 0.29) is 0 Å². The molecule has 0 aliphatic rings. The fraction of sp³-hybridized carbons (Fsp3) is 0. The van der Waals surface area contributed by atoms with E-state index in [1.165, 1.54) is 0 Å². The average Bonchev–Trinajstić information content (AvgIpc) is 2.73. The molecule has 17 heavy (non-hydrogen) atoms. The SMILES string of the molecule is Nc1ccc(-c2nnc3cccnn23)c(Cl)c1. The molecule has 2 aromatic heterocycles. The van der Waals surface area contributed by atoms with Crippen LogP contribution in [-0.4, -0.2) is 19.8 Å². The lowest BCUT2D eigenvalue weighted by molar-refractivity contribution is 0.936. The average molecular weight is 246 g/mol. The summed E-state index contributed by atoms with van der Waals surface area (Å²) >= 11 is 6.13. The van der Waals surface area contributed by atoms with E-state index in [0.717, 1.165) is 5.56 Å². The highest BCUT2D eigenvalue weighted by Gasteiger charge is 2.11. The lowest BCUT2D eigenvalue weighted by Crippen LogP contribution is -1.94. The van der Waals surface area contributed by atoms with Gasteiger partial charge in [-0.2, -0.15) is 9.61 Å². The Balaban J connectivity index is 2.27. The highest BCUT2D eigenvalue weighted by atomic mass is 35.5. The standard InChI is InChI=1S/C11H8ClN5/c12-9-6-7(13)3-4-8(9)11-16-15-10-2-1-5-14-17(10)11/h1-6H,13H2. The van der Waals surface area contributed by atoms with Crippen molar-refractivity contribution >= 4 is 22.9 Å². The minimum Gasteiger partial charge on any atom is -0.399 e. The molecule has 0 saturated carbocycles. The monoisotopic (exact) mass is 245 g/mol. The van der Waals surface area contributed by atoms with Gasteiger partial charge in [-0.25, -0.2) is 0 Å². The second kappa shape index (κ2) is 3.71. The number of halogens is 1. The molecule has 0 unspecified atom stereocenters. The van der Waals surface area contributed by atoms with E-state index in [1.54, 1.807) is 28.9 Å². The Labute approximate surface area is 102 Å². The van der Waals surface area contributed by atoms with E-state index < -0.39 is 0 Å². The van der Waals surface area contributed by atoms with Gasteiger partial charge in [-0.3, -0.25) is 0 Å². The van der Waals surface area contributed by atoms with E-state index in [0.29, 0.717) is 22.2 Å². The second-order valence-electron chi connectivity index (χ2n) is 3.56. The first kappa shape index (κ1) is 10.0. The largest absolute Gasteiger partial charge is 0.399 e. The zero-order chi connectivity index (χ0) is 11.8. The van der Waals surface area contributed by atoms with E-state index in [9.17, 15) is 0 Å². The van der Waals surface area contributed by atoms with Crippen molar-refractivity contribution < 1.29 is 0 Å². The van der Waals surface area contributed by atoms with Gasteiger partial charge in [-0.05, 0) is 30.3 Å². The summed E-state index contributed by atoms with van der Waals surface area (Å²) in [7, 11) is 0. The molecule has 0 spiro atoms. The lowest BCUT2D eigenvalue weighted by atomic mass is 10.2. The topological polar surface area (TPSA) is 69.1 Å². The number of hydrogen-bond donors (Lipinski definition) is 1. The first-order chi connectivity index (χ1) is 8.25. The third-order valence-electron chi connectivity index (χ3n) is 2.41. The fourth-order valence-electron chi connectivity index (χ4n) is 1.62. The van der Waals surface area contributed by atoms with Crippen molar-refractivity contribution in [2.24, 2.45) is 0 Å². The summed E-state index contributed by atoms with van der Waals surface area (Å²) in [5.41, 5.74) is 7.70. The Morgan fingerprint density at radius 3 is 2.88 bits per heavy atom. The van der Waals surface area contributed by atoms with Gasteiger partial charge in [-0.15, -0.1) is 10.2 Å². The maximum absolute atomic E-state index is 6.13. The van der Waals surface area contributed by atoms with Gasteiger partial charge in [0.05, 0.1) is 5.02 Å². The molecule has 0 aliphatic heterocycles. The number of benzene rings is 1. The first-order valence-corrected chi connectivity index (χ1v) is 5.35. The van der Waals surface area contributed by atoms with Crippen LogP contribution in [0.25, 0.3) is 17.0 Å². The number of fused-ring (bicyclic) bond motifs is 1. The molecule has 0 bridgehead atoms. The Kier molecular flexibility index (Phi) is 2.19. The van der Waals surface area contributed by atoms with Crippen LogP contribution in [0.2, 0.25) is 5.02 Å². The van der Waals surface area contributed by atoms with Gasteiger partial charge in [0.2, 0.25) is 0 Å². The zero-order valence-corrected chi connectivity index (χ0v) is 9.46. The molecule has 2 N–H and O–H groups in total. The highest BCUT2D eigenvalue weighted by molar-refractivity contribution is 6.33. The van der Waals surface area contributed by atoms with Crippen molar-refractivity contribution in [1.82, 2.24) is 19.8 Å². The number of nitrogens with two attached hydrogens (primary N) is 1. The maximum atomic E-state index is 6.13. The number of nitrogen functional groups attached to an aromatic ring is 1. The number of anilines is 1. The third-order valence-corrected chi connectivity index (χ3v) is 2.73. The van der Waals surface area contributed by atoms with E-state index in [2.05, 4.69) is 15.3 Å². The molecule has 2 heterocycles. The molecule has 0 radical (unpaired) electrons. The smallest absolute Gasteiger partial charge is 0.186 e. The summed E-state index contributed by atoms with van der Waals surface area (Å²) in [4.78, 5) is 0. The minimum absolute atomic E-state index is 0.532. The molecule has 0 atom stereocenters. The Morgan fingerprint density at radius 2 is 2.06 bits per heavy atom. The van der Waals surface area contributed by atoms with E-state index in [4.69, 9.17) is 17.3 Å². The molecule has 0 fully saturated rings. The Morgan fingerprint density at radius 1 is 1.18 bits per heavy atom. The van der Waals surface area contributed by atoms with Crippen molar-refractivity contribution in [3.63, 3.8) is 0 Å². The lowest BCUT2D eigenvalue weighted by Gasteiger charge is -2.02. The van der Waals surface area contributed by atoms with Crippen LogP contribution in [0.4, 0.5) is 5.69 Å². The summed E-state index contributed by atoms with van der Waals surface area (Å²) < 4.78 is 1.64. The van der Waals surface area contributed by atoms with Crippen molar-refractivity contribution in [3.05, 3.63) is 41.6 Å². The van der Waals surface area contributed by atoms with Crippen molar-refractivity contribution in [1.29, 1.82) is 0 Å². The first-order valence-electron chi connectivity index (χ1n) is 4.97. The van der Waals surface area contributed by atoms with Gasteiger partial charge in [-0.1, -0.05) is 11.6 Å². The van der Waals surface area contributed by atoms with Gasteiger partial charge < -0.3 is 5.73 Å². The van der Waals surface area contributed by atoms with Gasteiger partial charge in [0.1, 0.15) is 0 Å². The molecule has 1 aromatic carbocycles. The van der Waals surface area contributed by atoms with Gasteiger partial charge in [0.15, 0.2) is 11.5 Å². The molecule has 84 valence electrons. The molecule has 0 saturated heterocycles. The number of aromatic nitrogens is 4. The van der Waals surface area contributed by atoms with Gasteiger partial charge >= 0.3 is 0 Å². The van der Waals surface area contributed by atoms with E-state index >= 15 is 0 Å². The van der Waals surface area contributed by atoms with Crippen molar-refractivity contribution in [2.75, 3.05) is 5.73 Å². The summed E-state index contributed by atoms with van der Waals surface area (Å²) in [5.74, 6) is 0.602. The highest BCUT2D eigenvalue weighted by Crippen LogP contribution is 2.27. The van der Waals surface area contributed by atoms with Crippen LogP contribution in [0.1, 0.15) is 0 Å². The third kappa shape index (κ3) is 1.60. The normalized spacial score (nSPS) is 10.9. The molecule has 5 nitrogen and oxygen atoms in total. The molecule has 3 rings (SSSR count). The van der Waals surface area contributed by atoms with Crippen molar-refractivity contribution in [2.45, 2.75) is 0 Å². The maximum Gasteiger partial charge on any atom is 0.186 e. The number of nitrogens with zero attached hydrogens (tertiary/aromatic N) is 4. The summed E-state index contributed by atoms with van der Waals surface area (Å²) in [6.07, 6.45) is 1.67.